The number of hydrogen-bond donors (Lipinski definition) is 0. The van der Waals surface area contributed by atoms with Crippen molar-refractivity contribution in [2.24, 2.45) is 0 Å². The Morgan fingerprint density at radius 3 is 2.46 bits per heavy atom. The van der Waals surface area contributed by atoms with Crippen molar-refractivity contribution in [1.82, 2.24) is 0 Å². The maximum Gasteiger partial charge on any atom is 0.416 e. The topological polar surface area (TPSA) is 0 Å². The van der Waals surface area contributed by atoms with Crippen molar-refractivity contribution in [3.8, 4) is 0 Å². The van der Waals surface area contributed by atoms with Crippen LogP contribution in [0.5, 0.6) is 0 Å². The van der Waals surface area contributed by atoms with Gasteiger partial charge in [0.15, 0.2) is 0 Å². The van der Waals surface area contributed by atoms with Crippen molar-refractivity contribution < 1.29 is 13.2 Å². The third-order valence-electron chi connectivity index (χ3n) is 1.77. The Hall–Kier alpha value is -0.700. The predicted molar refractivity (Wildman–Crippen MR) is 46.4 cm³/mol. The van der Waals surface area contributed by atoms with Crippen LogP contribution in [0.15, 0.2) is 34.4 Å². The Kier molecular flexibility index (Phi) is 2.86. The van der Waals surface area contributed by atoms with Crippen LogP contribution in [-0.4, -0.2) is 6.18 Å². The molecule has 0 aliphatic heterocycles. The Bertz CT molecular complexity index is 294. The molecule has 0 unspecified atom stereocenters. The molecule has 0 N–H and O–H groups in total. The van der Waals surface area contributed by atoms with E-state index in [0.717, 1.165) is 17.7 Å². The van der Waals surface area contributed by atoms with Crippen LogP contribution in [-0.2, 0) is 0 Å². The van der Waals surface area contributed by atoms with Gasteiger partial charge in [0.2, 0.25) is 0 Å². The molecule has 0 aromatic heterocycles. The van der Waals surface area contributed by atoms with Gasteiger partial charge in [-0.15, -0.1) is 0 Å². The van der Waals surface area contributed by atoms with Crippen LogP contribution in [0.3, 0.4) is 0 Å². The molecular formula is C9H8ClF3. The largest absolute Gasteiger partial charge is 0.416 e. The molecule has 1 aliphatic rings. The lowest BCUT2D eigenvalue weighted by atomic mass is 10.2. The summed E-state index contributed by atoms with van der Waals surface area (Å²) in [4.78, 5) is 0. The van der Waals surface area contributed by atoms with E-state index in [-0.39, 0.29) is 6.42 Å². The normalized spacial score (nSPS) is 18.7. The molecule has 0 heterocycles. The van der Waals surface area contributed by atoms with Gasteiger partial charge in [-0.05, 0) is 25.5 Å². The molecule has 72 valence electrons. The van der Waals surface area contributed by atoms with E-state index in [1.165, 1.54) is 6.08 Å². The monoisotopic (exact) mass is 208 g/mol. The van der Waals surface area contributed by atoms with Crippen LogP contribution in [0.4, 0.5) is 13.2 Å². The summed E-state index contributed by atoms with van der Waals surface area (Å²) in [5, 5.41) is 0.385. The van der Waals surface area contributed by atoms with Gasteiger partial charge in [-0.2, -0.15) is 13.2 Å². The summed E-state index contributed by atoms with van der Waals surface area (Å²) in [5.41, 5.74) is 0.111. The first-order valence-corrected chi connectivity index (χ1v) is 4.10. The van der Waals surface area contributed by atoms with Crippen LogP contribution in [0, 0.1) is 0 Å². The summed E-state index contributed by atoms with van der Waals surface area (Å²) in [7, 11) is 0. The van der Waals surface area contributed by atoms with E-state index in [2.05, 4.69) is 0 Å². The van der Waals surface area contributed by atoms with Crippen LogP contribution >= 0.6 is 11.6 Å². The van der Waals surface area contributed by atoms with Gasteiger partial charge in [-0.25, -0.2) is 0 Å². The van der Waals surface area contributed by atoms with E-state index >= 15 is 0 Å². The number of rotatable bonds is 0. The van der Waals surface area contributed by atoms with Crippen LogP contribution in [0.2, 0.25) is 0 Å². The second kappa shape index (κ2) is 3.58. The Labute approximate surface area is 79.4 Å². The molecule has 1 aliphatic carbocycles. The number of hydrogen-bond acceptors (Lipinski definition) is 0. The summed E-state index contributed by atoms with van der Waals surface area (Å²) in [6.07, 6.45) is -0.609. The molecule has 0 saturated heterocycles. The zero-order chi connectivity index (χ0) is 10.1. The summed E-state index contributed by atoms with van der Waals surface area (Å²) < 4.78 is 36.6. The summed E-state index contributed by atoms with van der Waals surface area (Å²) in [5.74, 6) is 0. The third kappa shape index (κ3) is 2.62. The van der Waals surface area contributed by atoms with Gasteiger partial charge in [0.05, 0.1) is 5.57 Å². The minimum Gasteiger partial charge on any atom is -0.166 e. The first kappa shape index (κ1) is 10.4. The average Bonchev–Trinajstić information content (AvgIpc) is 2.14. The fourth-order valence-corrected chi connectivity index (χ4v) is 1.08. The van der Waals surface area contributed by atoms with Gasteiger partial charge in [0.25, 0.3) is 0 Å². The molecule has 0 atom stereocenters. The highest BCUT2D eigenvalue weighted by Crippen LogP contribution is 2.30. The quantitative estimate of drug-likeness (QED) is 0.566. The molecule has 0 nitrogen and oxygen atoms in total. The molecule has 0 radical (unpaired) electrons. The van der Waals surface area contributed by atoms with Crippen molar-refractivity contribution in [1.29, 1.82) is 0 Å². The molecule has 0 amide bonds. The maximum absolute atomic E-state index is 12.2. The number of allylic oxidation sites excluding steroid dienone is 6. The third-order valence-corrected chi connectivity index (χ3v) is 2.22. The first-order chi connectivity index (χ1) is 5.91. The molecule has 4 heteroatoms. The highest BCUT2D eigenvalue weighted by molar-refractivity contribution is 6.31. The highest BCUT2D eigenvalue weighted by Gasteiger charge is 2.31. The zero-order valence-electron chi connectivity index (χ0n) is 6.95. The zero-order valence-corrected chi connectivity index (χ0v) is 7.71. The minimum absolute atomic E-state index is 0.251. The predicted octanol–water partition coefficient (Wildman–Crippen LogP) is 3.95. The molecule has 0 aromatic rings. The second-order valence-electron chi connectivity index (χ2n) is 2.82. The smallest absolute Gasteiger partial charge is 0.166 e. The van der Waals surface area contributed by atoms with E-state index in [9.17, 15) is 13.2 Å². The second-order valence-corrected chi connectivity index (χ2v) is 3.23. The molecule has 13 heavy (non-hydrogen) atoms. The Morgan fingerprint density at radius 1 is 1.31 bits per heavy atom. The van der Waals surface area contributed by atoms with Crippen molar-refractivity contribution in [2.75, 3.05) is 0 Å². The van der Waals surface area contributed by atoms with E-state index in [1.54, 1.807) is 6.92 Å². The standard InChI is InChI=1S/C9H8ClF3/c1-6-2-3-7(9(11,12)13)4-5-8(6)10/h3-5H,2H2,1H3. The van der Waals surface area contributed by atoms with Crippen LogP contribution < -0.4 is 0 Å². The Balaban J connectivity index is 2.93. The van der Waals surface area contributed by atoms with Crippen molar-refractivity contribution in [3.63, 3.8) is 0 Å². The van der Waals surface area contributed by atoms with Gasteiger partial charge >= 0.3 is 6.18 Å². The van der Waals surface area contributed by atoms with Gasteiger partial charge in [-0.3, -0.25) is 0 Å². The number of halogens is 4. The molecule has 0 spiro atoms. The molecular weight excluding hydrogens is 201 g/mol. The summed E-state index contributed by atoms with van der Waals surface area (Å²) in [6.45, 7) is 1.71. The van der Waals surface area contributed by atoms with Crippen molar-refractivity contribution >= 4 is 11.6 Å². The van der Waals surface area contributed by atoms with Crippen molar-refractivity contribution in [2.45, 2.75) is 19.5 Å². The fraction of sp³-hybridized carbons (Fsp3) is 0.333. The van der Waals surface area contributed by atoms with E-state index in [4.69, 9.17) is 11.6 Å². The summed E-state index contributed by atoms with van der Waals surface area (Å²) >= 11 is 5.68. The van der Waals surface area contributed by atoms with Gasteiger partial charge in [-0.1, -0.05) is 23.3 Å². The first-order valence-electron chi connectivity index (χ1n) is 3.72. The highest BCUT2D eigenvalue weighted by atomic mass is 35.5. The molecule has 1 rings (SSSR count). The molecule has 0 fully saturated rings. The molecule has 0 aromatic carbocycles. The van der Waals surface area contributed by atoms with E-state index < -0.39 is 11.7 Å². The van der Waals surface area contributed by atoms with Crippen molar-refractivity contribution in [3.05, 3.63) is 34.4 Å². The lowest BCUT2D eigenvalue weighted by molar-refractivity contribution is -0.0883. The fourth-order valence-electron chi connectivity index (χ4n) is 0.944. The lowest BCUT2D eigenvalue weighted by Gasteiger charge is -2.05. The minimum atomic E-state index is -4.28. The van der Waals surface area contributed by atoms with Gasteiger partial charge in [0.1, 0.15) is 0 Å². The van der Waals surface area contributed by atoms with Gasteiger partial charge in [0, 0.05) is 5.03 Å². The summed E-state index contributed by atoms with van der Waals surface area (Å²) in [6, 6.07) is 0. The SMILES string of the molecule is CC1=C(Cl)C=CC(C(F)(F)F)=CC1. The van der Waals surface area contributed by atoms with Crippen LogP contribution in [0.1, 0.15) is 13.3 Å². The maximum atomic E-state index is 12.2. The molecule has 0 bridgehead atoms. The molecule has 0 saturated carbocycles. The average molecular weight is 209 g/mol. The number of alkyl halides is 3. The van der Waals surface area contributed by atoms with E-state index in [1.807, 2.05) is 0 Å². The van der Waals surface area contributed by atoms with Crippen LogP contribution in [0.25, 0.3) is 0 Å². The lowest BCUT2D eigenvalue weighted by Crippen LogP contribution is -2.09. The van der Waals surface area contributed by atoms with E-state index in [0.29, 0.717) is 5.03 Å². The Morgan fingerprint density at radius 2 is 1.92 bits per heavy atom. The van der Waals surface area contributed by atoms with Gasteiger partial charge < -0.3 is 0 Å².